The van der Waals surface area contributed by atoms with Crippen LogP contribution in [0.1, 0.15) is 23.2 Å². The van der Waals surface area contributed by atoms with Crippen LogP contribution in [0.3, 0.4) is 0 Å². The van der Waals surface area contributed by atoms with E-state index in [4.69, 9.17) is 4.74 Å². The number of nitrogens with zero attached hydrogens (tertiary/aromatic N) is 4. The summed E-state index contributed by atoms with van der Waals surface area (Å²) in [6.45, 7) is 4.34. The highest BCUT2D eigenvalue weighted by atomic mass is 32.2. The largest absolute Gasteiger partial charge is 0.378 e. The maximum absolute atomic E-state index is 13.5. The van der Waals surface area contributed by atoms with Gasteiger partial charge in [0.1, 0.15) is 0 Å². The average Bonchev–Trinajstić information content (AvgIpc) is 3.64. The number of piperazine rings is 1. The van der Waals surface area contributed by atoms with E-state index in [2.05, 4.69) is 4.90 Å². The number of anilines is 1. The van der Waals surface area contributed by atoms with Gasteiger partial charge in [-0.1, -0.05) is 0 Å². The summed E-state index contributed by atoms with van der Waals surface area (Å²) in [6, 6.07) is 4.77. The Morgan fingerprint density at radius 2 is 1.58 bits per heavy atom. The van der Waals surface area contributed by atoms with Crippen LogP contribution in [0.5, 0.6) is 0 Å². The summed E-state index contributed by atoms with van der Waals surface area (Å²) in [5.74, 6) is 0.166. The Balaban J connectivity index is 1.59. The third-order valence-corrected chi connectivity index (χ3v) is 7.95. The molecule has 9 nitrogen and oxygen atoms in total. The minimum Gasteiger partial charge on any atom is -0.378 e. The minimum absolute atomic E-state index is 0.0976. The van der Waals surface area contributed by atoms with Crippen LogP contribution in [0.2, 0.25) is 0 Å². The summed E-state index contributed by atoms with van der Waals surface area (Å²) in [4.78, 5) is 31.5. The second-order valence-corrected chi connectivity index (χ2v) is 10.6. The first kappa shape index (κ1) is 22.0. The summed E-state index contributed by atoms with van der Waals surface area (Å²) in [5.41, 5.74) is 1.11. The number of hydrogen-bond acceptors (Lipinski definition) is 6. The Hall–Kier alpha value is -2.17. The van der Waals surface area contributed by atoms with Crippen LogP contribution in [0.4, 0.5) is 5.69 Å². The van der Waals surface area contributed by atoms with Crippen molar-refractivity contribution < 1.29 is 22.7 Å². The van der Waals surface area contributed by atoms with Crippen LogP contribution < -0.4 is 4.90 Å². The van der Waals surface area contributed by atoms with Gasteiger partial charge in [0.05, 0.1) is 23.7 Å². The third-order valence-electron chi connectivity index (χ3n) is 6.13. The Morgan fingerprint density at radius 3 is 2.16 bits per heavy atom. The molecule has 1 aromatic rings. The molecule has 0 N–H and O–H groups in total. The summed E-state index contributed by atoms with van der Waals surface area (Å²) in [6.07, 6.45) is 1.93. The molecule has 0 spiro atoms. The fourth-order valence-corrected chi connectivity index (χ4v) is 4.95. The van der Waals surface area contributed by atoms with E-state index in [1.165, 1.54) is 20.2 Å². The van der Waals surface area contributed by atoms with Crippen LogP contribution in [-0.2, 0) is 19.6 Å². The predicted octanol–water partition coefficient (Wildman–Crippen LogP) is 0.468. The molecule has 4 rings (SSSR count). The molecule has 3 aliphatic rings. The van der Waals surface area contributed by atoms with Gasteiger partial charge >= 0.3 is 0 Å². The van der Waals surface area contributed by atoms with E-state index >= 15 is 0 Å². The SMILES string of the molecule is CN(C)S(=O)(=O)c1ccc(N2CCOCC2)c(C(=O)N2CCN(C(=O)C3CC3)CC2)c1. The van der Waals surface area contributed by atoms with Crippen molar-refractivity contribution in [2.24, 2.45) is 5.92 Å². The second kappa shape index (κ2) is 8.76. The normalized spacial score (nSPS) is 20.3. The first-order valence-corrected chi connectivity index (χ1v) is 12.2. The van der Waals surface area contributed by atoms with Gasteiger partial charge in [0.15, 0.2) is 0 Å². The Morgan fingerprint density at radius 1 is 0.968 bits per heavy atom. The summed E-state index contributed by atoms with van der Waals surface area (Å²) < 4.78 is 31.9. The summed E-state index contributed by atoms with van der Waals surface area (Å²) in [5, 5.41) is 0. The van der Waals surface area contributed by atoms with E-state index in [0.29, 0.717) is 58.0 Å². The molecule has 2 saturated heterocycles. The zero-order chi connectivity index (χ0) is 22.2. The van der Waals surface area contributed by atoms with Crippen molar-refractivity contribution in [1.82, 2.24) is 14.1 Å². The number of rotatable bonds is 5. The third kappa shape index (κ3) is 4.56. The van der Waals surface area contributed by atoms with E-state index in [1.807, 2.05) is 4.90 Å². The molecule has 2 amide bonds. The van der Waals surface area contributed by atoms with Crippen LogP contribution in [-0.4, -0.2) is 101 Å². The maximum Gasteiger partial charge on any atom is 0.256 e. The standard InChI is InChI=1S/C21H30N4O5S/c1-22(2)31(28,29)17-5-6-19(23-11-13-30-14-12-23)18(15-17)21(27)25-9-7-24(8-10-25)20(26)16-3-4-16/h5-6,15-16H,3-4,7-14H2,1-2H3. The summed E-state index contributed by atoms with van der Waals surface area (Å²) >= 11 is 0. The number of carbonyl (C=O) groups excluding carboxylic acids is 2. The molecule has 2 aliphatic heterocycles. The molecule has 10 heteroatoms. The van der Waals surface area contributed by atoms with Gasteiger partial charge in [-0.25, -0.2) is 12.7 Å². The molecular weight excluding hydrogens is 420 g/mol. The highest BCUT2D eigenvalue weighted by Crippen LogP contribution is 2.32. The minimum atomic E-state index is -3.67. The van der Waals surface area contributed by atoms with Gasteiger partial charge in [0.25, 0.3) is 5.91 Å². The van der Waals surface area contributed by atoms with Gasteiger partial charge in [0, 0.05) is 65.0 Å². The van der Waals surface area contributed by atoms with Crippen molar-refractivity contribution in [1.29, 1.82) is 0 Å². The number of morpholine rings is 1. The molecule has 0 atom stereocenters. The van der Waals surface area contributed by atoms with Gasteiger partial charge in [-0.15, -0.1) is 0 Å². The average molecular weight is 451 g/mol. The number of hydrogen-bond donors (Lipinski definition) is 0. The first-order valence-electron chi connectivity index (χ1n) is 10.8. The molecule has 1 saturated carbocycles. The smallest absolute Gasteiger partial charge is 0.256 e. The van der Waals surface area contributed by atoms with E-state index in [9.17, 15) is 18.0 Å². The highest BCUT2D eigenvalue weighted by molar-refractivity contribution is 7.89. The molecule has 0 bridgehead atoms. The lowest BCUT2D eigenvalue weighted by atomic mass is 10.1. The van der Waals surface area contributed by atoms with Crippen LogP contribution in [0.25, 0.3) is 0 Å². The van der Waals surface area contributed by atoms with Gasteiger partial charge in [0.2, 0.25) is 15.9 Å². The highest BCUT2D eigenvalue weighted by Gasteiger charge is 2.36. The van der Waals surface area contributed by atoms with Gasteiger partial charge < -0.3 is 19.4 Å². The lowest BCUT2D eigenvalue weighted by molar-refractivity contribution is -0.134. The van der Waals surface area contributed by atoms with Crippen molar-refractivity contribution in [3.63, 3.8) is 0 Å². The second-order valence-electron chi connectivity index (χ2n) is 8.46. The molecule has 0 radical (unpaired) electrons. The molecule has 170 valence electrons. The fraction of sp³-hybridized carbons (Fsp3) is 0.619. The Labute approximate surface area is 183 Å². The molecule has 3 fully saturated rings. The van der Waals surface area contributed by atoms with E-state index in [-0.39, 0.29) is 22.6 Å². The molecule has 2 heterocycles. The number of benzene rings is 1. The molecule has 31 heavy (non-hydrogen) atoms. The monoisotopic (exact) mass is 450 g/mol. The fourth-order valence-electron chi connectivity index (χ4n) is 4.03. The lowest BCUT2D eigenvalue weighted by Gasteiger charge is -2.36. The van der Waals surface area contributed by atoms with E-state index in [1.54, 1.807) is 17.0 Å². The molecule has 1 aromatic carbocycles. The molecule has 1 aliphatic carbocycles. The van der Waals surface area contributed by atoms with E-state index < -0.39 is 10.0 Å². The molecular formula is C21H30N4O5S. The van der Waals surface area contributed by atoms with Crippen molar-refractivity contribution in [3.8, 4) is 0 Å². The van der Waals surface area contributed by atoms with Gasteiger partial charge in [-0.2, -0.15) is 0 Å². The number of ether oxygens (including phenoxy) is 1. The Bertz CT molecular complexity index is 947. The van der Waals surface area contributed by atoms with Crippen LogP contribution in [0.15, 0.2) is 23.1 Å². The zero-order valence-electron chi connectivity index (χ0n) is 18.1. The lowest BCUT2D eigenvalue weighted by Crippen LogP contribution is -2.51. The first-order chi connectivity index (χ1) is 14.8. The van der Waals surface area contributed by atoms with Gasteiger partial charge in [-0.3, -0.25) is 9.59 Å². The molecule has 0 unspecified atom stereocenters. The van der Waals surface area contributed by atoms with Crippen molar-refractivity contribution in [2.45, 2.75) is 17.7 Å². The topological polar surface area (TPSA) is 90.5 Å². The van der Waals surface area contributed by atoms with E-state index in [0.717, 1.165) is 22.8 Å². The van der Waals surface area contributed by atoms with Crippen molar-refractivity contribution >= 4 is 27.5 Å². The van der Waals surface area contributed by atoms with Crippen molar-refractivity contribution in [2.75, 3.05) is 71.5 Å². The van der Waals surface area contributed by atoms with Gasteiger partial charge in [-0.05, 0) is 31.0 Å². The maximum atomic E-state index is 13.5. The predicted molar refractivity (Wildman–Crippen MR) is 116 cm³/mol. The molecule has 0 aromatic heterocycles. The Kier molecular flexibility index (Phi) is 6.23. The summed E-state index contributed by atoms with van der Waals surface area (Å²) in [7, 11) is -0.717. The number of sulfonamides is 1. The quantitative estimate of drug-likeness (QED) is 0.648. The number of amides is 2. The zero-order valence-corrected chi connectivity index (χ0v) is 18.9. The number of carbonyl (C=O) groups is 2. The van der Waals surface area contributed by atoms with Crippen molar-refractivity contribution in [3.05, 3.63) is 23.8 Å². The van der Waals surface area contributed by atoms with Crippen LogP contribution >= 0.6 is 0 Å². The van der Waals surface area contributed by atoms with Crippen LogP contribution in [0, 0.1) is 5.92 Å².